The lowest BCUT2D eigenvalue weighted by Crippen LogP contribution is -2.50. The second-order valence-corrected chi connectivity index (χ2v) is 6.89. The van der Waals surface area contributed by atoms with Crippen LogP contribution in [0.2, 0.25) is 0 Å². The molecular formula is C21H35N5. The Morgan fingerprint density at radius 1 is 0.731 bits per heavy atom. The van der Waals surface area contributed by atoms with Gasteiger partial charge < -0.3 is 34.0 Å². The van der Waals surface area contributed by atoms with Gasteiger partial charge in [-0.3, -0.25) is 0 Å². The first-order valence-electron chi connectivity index (χ1n) is 9.03. The van der Waals surface area contributed by atoms with Crippen LogP contribution in [0.15, 0.2) is 48.5 Å². The molecule has 2 aromatic rings. The maximum atomic E-state index is 5.73. The Morgan fingerprint density at radius 3 is 1.46 bits per heavy atom. The van der Waals surface area contributed by atoms with Gasteiger partial charge in [-0.25, -0.2) is 0 Å². The molecule has 0 radical (unpaired) electrons. The quantitative estimate of drug-likeness (QED) is 0.297. The highest BCUT2D eigenvalue weighted by Gasteiger charge is 2.19. The summed E-state index contributed by atoms with van der Waals surface area (Å²) in [5.41, 5.74) is 15.3. The van der Waals surface area contributed by atoms with Crippen molar-refractivity contribution in [3.05, 3.63) is 56.0 Å². The van der Waals surface area contributed by atoms with Crippen molar-refractivity contribution in [2.45, 2.75) is 13.3 Å². The Morgan fingerprint density at radius 2 is 1.12 bits per heavy atom. The summed E-state index contributed by atoms with van der Waals surface area (Å²) >= 11 is 0. The predicted octanol–water partition coefficient (Wildman–Crippen LogP) is 3.68. The first-order valence-corrected chi connectivity index (χ1v) is 9.03. The molecule has 5 heteroatoms. The van der Waals surface area contributed by atoms with E-state index in [4.69, 9.17) is 11.5 Å². The highest BCUT2D eigenvalue weighted by Crippen LogP contribution is 2.12. The van der Waals surface area contributed by atoms with Crippen LogP contribution < -0.4 is 22.1 Å². The molecule has 0 unspecified atom stereocenters. The topological polar surface area (TPSA) is 76.1 Å². The van der Waals surface area contributed by atoms with Gasteiger partial charge in [0.05, 0.1) is 39.8 Å². The van der Waals surface area contributed by atoms with Gasteiger partial charge in [0.1, 0.15) is 0 Å². The van der Waals surface area contributed by atoms with E-state index >= 15 is 0 Å². The molecule has 2 rings (SSSR count). The van der Waals surface area contributed by atoms with Gasteiger partial charge >= 0.3 is 0 Å². The molecule has 0 atom stereocenters. The molecule has 0 amide bonds. The highest BCUT2D eigenvalue weighted by atomic mass is 15.3. The summed E-state index contributed by atoms with van der Waals surface area (Å²) in [5.74, 6) is 0. The van der Waals surface area contributed by atoms with Gasteiger partial charge in [-0.05, 0) is 55.0 Å². The van der Waals surface area contributed by atoms with Crippen LogP contribution in [0.5, 0.6) is 0 Å². The molecule has 0 fully saturated rings. The zero-order valence-corrected chi connectivity index (χ0v) is 16.5. The van der Waals surface area contributed by atoms with Crippen LogP contribution >= 0.6 is 0 Å². The van der Waals surface area contributed by atoms with Crippen LogP contribution in [0, 0.1) is 7.43 Å². The summed E-state index contributed by atoms with van der Waals surface area (Å²) in [6.45, 7) is 7.48. The summed E-state index contributed by atoms with van der Waals surface area (Å²) < 4.78 is 1.04. The Kier molecular flexibility index (Phi) is 8.79. The van der Waals surface area contributed by atoms with Crippen LogP contribution in [-0.2, 0) is 0 Å². The van der Waals surface area contributed by atoms with Crippen LogP contribution in [-0.4, -0.2) is 44.3 Å². The van der Waals surface area contributed by atoms with Crippen molar-refractivity contribution in [1.82, 2.24) is 0 Å². The fourth-order valence-corrected chi connectivity index (χ4v) is 3.02. The van der Waals surface area contributed by atoms with Gasteiger partial charge in [-0.2, -0.15) is 0 Å². The van der Waals surface area contributed by atoms with E-state index in [0.29, 0.717) is 0 Å². The summed E-state index contributed by atoms with van der Waals surface area (Å²) in [6, 6.07) is 15.8. The summed E-state index contributed by atoms with van der Waals surface area (Å²) in [6.07, 6.45) is 1.18. The van der Waals surface area contributed by atoms with E-state index in [2.05, 4.69) is 24.6 Å². The third kappa shape index (κ3) is 7.23. The Bertz CT molecular complexity index is 570. The first kappa shape index (κ1) is 21.6. The van der Waals surface area contributed by atoms with E-state index in [1.807, 2.05) is 48.5 Å². The van der Waals surface area contributed by atoms with Crippen LogP contribution in [0.4, 0.5) is 22.7 Å². The molecule has 0 aliphatic carbocycles. The van der Waals surface area contributed by atoms with E-state index in [1.54, 1.807) is 0 Å². The number of benzene rings is 2. The molecular weight excluding hydrogens is 322 g/mol. The summed E-state index contributed by atoms with van der Waals surface area (Å²) in [5, 5.41) is 6.99. The van der Waals surface area contributed by atoms with E-state index in [-0.39, 0.29) is 7.43 Å². The predicted molar refractivity (Wildman–Crippen MR) is 116 cm³/mol. The Hall–Kier alpha value is -2.40. The lowest BCUT2D eigenvalue weighted by Gasteiger charge is -2.35. The molecule has 0 heterocycles. The second kappa shape index (κ2) is 10.6. The third-order valence-electron chi connectivity index (χ3n) is 4.55. The maximum absolute atomic E-state index is 5.73. The Balaban J connectivity index is 0.00000338. The van der Waals surface area contributed by atoms with Crippen molar-refractivity contribution in [3.8, 4) is 0 Å². The fourth-order valence-electron chi connectivity index (χ4n) is 3.02. The van der Waals surface area contributed by atoms with Crippen molar-refractivity contribution in [3.63, 3.8) is 0 Å². The van der Waals surface area contributed by atoms with Gasteiger partial charge in [0.15, 0.2) is 0 Å². The number of anilines is 4. The molecule has 0 aliphatic heterocycles. The summed E-state index contributed by atoms with van der Waals surface area (Å²) in [7, 11) is 2.33. The number of hydrogen-bond donors (Lipinski definition) is 4. The zero-order valence-electron chi connectivity index (χ0n) is 16.5. The first-order chi connectivity index (χ1) is 12.0. The monoisotopic (exact) mass is 357 g/mol. The smallest absolute Gasteiger partial charge is 0.0960 e. The van der Waals surface area contributed by atoms with E-state index in [0.717, 1.165) is 53.4 Å². The van der Waals surface area contributed by atoms with Gasteiger partial charge in [-0.1, -0.05) is 6.92 Å². The normalized spacial score (nSPS) is 10.8. The van der Waals surface area contributed by atoms with Gasteiger partial charge in [0.25, 0.3) is 0 Å². The van der Waals surface area contributed by atoms with Gasteiger partial charge in [0.2, 0.25) is 0 Å². The minimum atomic E-state index is 0. The SMILES string of the molecule is CCC[N+](C)(CCNc1ccc(N)cc1)CCNc1ccc(N)cc1.[CH3-]. The number of nitrogens with two attached hydrogens (primary N) is 2. The van der Waals surface area contributed by atoms with Crippen molar-refractivity contribution in [2.24, 2.45) is 0 Å². The minimum absolute atomic E-state index is 0. The standard InChI is InChI=1S/C20H32N5.CH3/c1-3-14-25(2,15-12-23-19-8-4-17(21)5-9-19)16-13-24-20-10-6-18(22)7-11-20;/h4-11,23-24H,3,12-16,21-22H2,1-2H3;1H3/q+1;-1. The van der Waals surface area contributed by atoms with Crippen molar-refractivity contribution in [2.75, 3.05) is 61.9 Å². The fraction of sp³-hybridized carbons (Fsp3) is 0.381. The number of quaternary nitrogens is 1. The van der Waals surface area contributed by atoms with Crippen molar-refractivity contribution < 1.29 is 4.48 Å². The highest BCUT2D eigenvalue weighted by molar-refractivity contribution is 5.51. The molecule has 0 aliphatic rings. The maximum Gasteiger partial charge on any atom is 0.0960 e. The van der Waals surface area contributed by atoms with Crippen LogP contribution in [0.25, 0.3) is 0 Å². The largest absolute Gasteiger partial charge is 0.399 e. The van der Waals surface area contributed by atoms with E-state index in [1.165, 1.54) is 13.0 Å². The number of nitrogen functional groups attached to an aromatic ring is 2. The number of nitrogens with one attached hydrogen (secondary N) is 2. The van der Waals surface area contributed by atoms with Crippen molar-refractivity contribution in [1.29, 1.82) is 0 Å². The van der Waals surface area contributed by atoms with Crippen molar-refractivity contribution >= 4 is 22.7 Å². The molecule has 0 aromatic heterocycles. The molecule has 6 N–H and O–H groups in total. The molecule has 2 aromatic carbocycles. The second-order valence-electron chi connectivity index (χ2n) is 6.89. The summed E-state index contributed by atoms with van der Waals surface area (Å²) in [4.78, 5) is 0. The molecule has 0 saturated carbocycles. The minimum Gasteiger partial charge on any atom is -0.399 e. The number of rotatable bonds is 10. The molecule has 0 bridgehead atoms. The number of hydrogen-bond acceptors (Lipinski definition) is 4. The van der Waals surface area contributed by atoms with E-state index in [9.17, 15) is 0 Å². The van der Waals surface area contributed by atoms with E-state index < -0.39 is 0 Å². The molecule has 0 spiro atoms. The molecule has 26 heavy (non-hydrogen) atoms. The van der Waals surface area contributed by atoms with Gasteiger partial charge in [0, 0.05) is 22.7 Å². The average molecular weight is 358 g/mol. The zero-order chi connectivity index (χ0) is 18.1. The number of nitrogens with zero attached hydrogens (tertiary/aromatic N) is 1. The van der Waals surface area contributed by atoms with Crippen LogP contribution in [0.1, 0.15) is 13.3 Å². The number of likely N-dealkylation sites (N-methyl/N-ethyl adjacent to an activating group) is 1. The van der Waals surface area contributed by atoms with Crippen LogP contribution in [0.3, 0.4) is 0 Å². The third-order valence-corrected chi connectivity index (χ3v) is 4.55. The molecule has 0 saturated heterocycles. The molecule has 144 valence electrons. The lowest BCUT2D eigenvalue weighted by atomic mass is 10.2. The lowest BCUT2D eigenvalue weighted by molar-refractivity contribution is -0.906. The Labute approximate surface area is 159 Å². The molecule has 5 nitrogen and oxygen atoms in total. The van der Waals surface area contributed by atoms with Gasteiger partial charge in [-0.15, -0.1) is 0 Å². The average Bonchev–Trinajstić information content (AvgIpc) is 2.59.